The van der Waals surface area contributed by atoms with Crippen LogP contribution in [-0.4, -0.2) is 7.11 Å². The molecule has 0 saturated carbocycles. The molecule has 3 rings (SSSR count). The van der Waals surface area contributed by atoms with Crippen molar-refractivity contribution in [3.8, 4) is 11.5 Å². The van der Waals surface area contributed by atoms with Crippen molar-refractivity contribution in [2.45, 2.75) is 20.1 Å². The van der Waals surface area contributed by atoms with Gasteiger partial charge in [-0.25, -0.2) is 0 Å². The molecule has 6 heteroatoms. The molecule has 0 aliphatic carbocycles. The maximum atomic E-state index is 6.21. The minimum absolute atomic E-state index is 0.355. The maximum Gasteiger partial charge on any atom is 0.175 e. The normalized spacial score (nSPS) is 10.6. The van der Waals surface area contributed by atoms with Crippen LogP contribution in [0.15, 0.2) is 59.1 Å². The molecule has 0 aromatic heterocycles. The molecule has 0 unspecified atom stereocenters. The van der Waals surface area contributed by atoms with Gasteiger partial charge in [-0.3, -0.25) is 0 Å². The Hall–Kier alpha value is -1.88. The van der Waals surface area contributed by atoms with Crippen LogP contribution in [0.4, 0.5) is 5.69 Å². The molecule has 28 heavy (non-hydrogen) atoms. The summed E-state index contributed by atoms with van der Waals surface area (Å²) in [5.74, 6) is 1.30. The summed E-state index contributed by atoms with van der Waals surface area (Å²) >= 11 is 15.9. The fourth-order valence-corrected chi connectivity index (χ4v) is 3.73. The Bertz CT molecular complexity index is 979. The summed E-state index contributed by atoms with van der Waals surface area (Å²) in [6.07, 6.45) is 0. The third-order valence-corrected chi connectivity index (χ3v) is 5.49. The Balaban J connectivity index is 1.75. The lowest BCUT2D eigenvalue weighted by Gasteiger charge is -2.16. The van der Waals surface area contributed by atoms with Gasteiger partial charge in [0, 0.05) is 27.8 Å². The van der Waals surface area contributed by atoms with Crippen LogP contribution >= 0.6 is 39.1 Å². The van der Waals surface area contributed by atoms with E-state index in [4.69, 9.17) is 32.7 Å². The van der Waals surface area contributed by atoms with Crippen LogP contribution < -0.4 is 14.8 Å². The van der Waals surface area contributed by atoms with Crippen molar-refractivity contribution in [1.29, 1.82) is 0 Å². The van der Waals surface area contributed by atoms with Crippen LogP contribution in [0.2, 0.25) is 10.0 Å². The van der Waals surface area contributed by atoms with Crippen LogP contribution in [0, 0.1) is 6.92 Å². The number of anilines is 1. The van der Waals surface area contributed by atoms with Crippen LogP contribution in [0.25, 0.3) is 0 Å². The third-order valence-electron chi connectivity index (χ3n) is 4.30. The van der Waals surface area contributed by atoms with Crippen molar-refractivity contribution in [2.75, 3.05) is 12.4 Å². The number of aryl methyl sites for hydroxylation is 1. The van der Waals surface area contributed by atoms with E-state index in [1.807, 2.05) is 61.5 Å². The Morgan fingerprint density at radius 3 is 2.57 bits per heavy atom. The fraction of sp³-hybridized carbons (Fsp3) is 0.182. The third kappa shape index (κ3) is 5.13. The molecule has 0 radical (unpaired) electrons. The average Bonchev–Trinajstić information content (AvgIpc) is 2.68. The molecule has 1 N–H and O–H groups in total. The van der Waals surface area contributed by atoms with Gasteiger partial charge < -0.3 is 14.8 Å². The number of halogens is 3. The van der Waals surface area contributed by atoms with Crippen molar-refractivity contribution in [2.24, 2.45) is 0 Å². The lowest BCUT2D eigenvalue weighted by atomic mass is 10.1. The molecule has 0 aliphatic heterocycles. The number of benzene rings is 3. The van der Waals surface area contributed by atoms with E-state index in [0.717, 1.165) is 26.9 Å². The highest BCUT2D eigenvalue weighted by atomic mass is 79.9. The van der Waals surface area contributed by atoms with Gasteiger partial charge in [0.15, 0.2) is 11.5 Å². The molecule has 0 fully saturated rings. The smallest absolute Gasteiger partial charge is 0.175 e. The lowest BCUT2D eigenvalue weighted by molar-refractivity contribution is 0.282. The summed E-state index contributed by atoms with van der Waals surface area (Å²) in [5, 5.41) is 4.79. The Morgan fingerprint density at radius 1 is 1.04 bits per heavy atom. The van der Waals surface area contributed by atoms with Crippen molar-refractivity contribution in [3.63, 3.8) is 0 Å². The molecule has 0 atom stereocenters. The zero-order valence-electron chi connectivity index (χ0n) is 15.6. The molecule has 3 aromatic carbocycles. The highest BCUT2D eigenvalue weighted by molar-refractivity contribution is 9.10. The van der Waals surface area contributed by atoms with Gasteiger partial charge in [-0.2, -0.15) is 0 Å². The predicted octanol–water partition coefficient (Wildman–Crippen LogP) is 7.26. The van der Waals surface area contributed by atoms with E-state index in [-0.39, 0.29) is 0 Å². The molecule has 0 amide bonds. The van der Waals surface area contributed by atoms with Gasteiger partial charge in [-0.15, -0.1) is 0 Å². The van der Waals surface area contributed by atoms with Crippen LogP contribution in [0.1, 0.15) is 16.7 Å². The molecular weight excluding hydrogens is 461 g/mol. The summed E-state index contributed by atoms with van der Waals surface area (Å²) in [7, 11) is 1.63. The molecule has 0 bridgehead atoms. The second-order valence-electron chi connectivity index (χ2n) is 6.30. The molecule has 3 aromatic rings. The van der Waals surface area contributed by atoms with Gasteiger partial charge in [0.1, 0.15) is 6.61 Å². The number of hydrogen-bond acceptors (Lipinski definition) is 3. The standard InChI is InChI=1S/C22H20BrCl2NO2/c1-14-7-8-17(24)11-20(14)26-12-15-9-18(23)22(21(10-15)27-2)28-13-16-5-3-4-6-19(16)25/h3-11,26H,12-13H2,1-2H3. The van der Waals surface area contributed by atoms with Crippen LogP contribution in [0.3, 0.4) is 0 Å². The minimum Gasteiger partial charge on any atom is -0.493 e. The summed E-state index contributed by atoms with van der Waals surface area (Å²) < 4.78 is 12.3. The maximum absolute atomic E-state index is 6.21. The van der Waals surface area contributed by atoms with Crippen molar-refractivity contribution in [1.82, 2.24) is 0 Å². The van der Waals surface area contributed by atoms with Crippen molar-refractivity contribution < 1.29 is 9.47 Å². The molecule has 0 saturated heterocycles. The molecule has 3 nitrogen and oxygen atoms in total. The number of nitrogens with one attached hydrogen (secondary N) is 1. The predicted molar refractivity (Wildman–Crippen MR) is 120 cm³/mol. The minimum atomic E-state index is 0.355. The van der Waals surface area contributed by atoms with Crippen molar-refractivity contribution in [3.05, 3.63) is 85.8 Å². The summed E-state index contributed by atoms with van der Waals surface area (Å²) in [6.45, 7) is 3.02. The van der Waals surface area contributed by atoms with Crippen molar-refractivity contribution >= 4 is 44.8 Å². The Labute approximate surface area is 183 Å². The fourth-order valence-electron chi connectivity index (χ4n) is 2.76. The average molecular weight is 481 g/mol. The highest BCUT2D eigenvalue weighted by Crippen LogP contribution is 2.38. The van der Waals surface area contributed by atoms with E-state index >= 15 is 0 Å². The number of hydrogen-bond donors (Lipinski definition) is 1. The lowest BCUT2D eigenvalue weighted by Crippen LogP contribution is -2.04. The quantitative estimate of drug-likeness (QED) is 0.385. The summed E-state index contributed by atoms with van der Waals surface area (Å²) in [4.78, 5) is 0. The molecular formula is C22H20BrCl2NO2. The Kier molecular flexibility index (Phi) is 7.11. The Morgan fingerprint density at radius 2 is 1.82 bits per heavy atom. The van der Waals surface area contributed by atoms with Gasteiger partial charge >= 0.3 is 0 Å². The van der Waals surface area contributed by atoms with Gasteiger partial charge in [-0.05, 0) is 64.3 Å². The first-order chi connectivity index (χ1) is 13.5. The zero-order valence-corrected chi connectivity index (χ0v) is 18.7. The van der Waals surface area contributed by atoms with E-state index in [1.54, 1.807) is 7.11 Å². The molecule has 0 spiro atoms. The number of rotatable bonds is 7. The van der Waals surface area contributed by atoms with Crippen LogP contribution in [0.5, 0.6) is 11.5 Å². The highest BCUT2D eigenvalue weighted by Gasteiger charge is 2.13. The summed E-state index contributed by atoms with van der Waals surface area (Å²) in [5.41, 5.74) is 4.10. The van der Waals surface area contributed by atoms with Gasteiger partial charge in [-0.1, -0.05) is 47.5 Å². The second-order valence-corrected chi connectivity index (χ2v) is 8.00. The van der Waals surface area contributed by atoms with E-state index in [0.29, 0.717) is 34.7 Å². The first kappa shape index (κ1) is 20.8. The molecule has 146 valence electrons. The van der Waals surface area contributed by atoms with E-state index in [1.165, 1.54) is 0 Å². The second kappa shape index (κ2) is 9.55. The molecule has 0 heterocycles. The SMILES string of the molecule is COc1cc(CNc2cc(Cl)ccc2C)cc(Br)c1OCc1ccccc1Cl. The van der Waals surface area contributed by atoms with E-state index in [9.17, 15) is 0 Å². The first-order valence-electron chi connectivity index (χ1n) is 8.70. The first-order valence-corrected chi connectivity index (χ1v) is 10.3. The monoisotopic (exact) mass is 479 g/mol. The van der Waals surface area contributed by atoms with Gasteiger partial charge in [0.05, 0.1) is 11.6 Å². The topological polar surface area (TPSA) is 30.5 Å². The van der Waals surface area contributed by atoms with Gasteiger partial charge in [0.2, 0.25) is 0 Å². The van der Waals surface area contributed by atoms with E-state index < -0.39 is 0 Å². The van der Waals surface area contributed by atoms with Gasteiger partial charge in [0.25, 0.3) is 0 Å². The number of methoxy groups -OCH3 is 1. The summed E-state index contributed by atoms with van der Waals surface area (Å²) in [6, 6.07) is 17.4. The molecule has 0 aliphatic rings. The zero-order chi connectivity index (χ0) is 20.1. The van der Waals surface area contributed by atoms with Crippen LogP contribution in [-0.2, 0) is 13.2 Å². The van der Waals surface area contributed by atoms with E-state index in [2.05, 4.69) is 21.2 Å². The number of ether oxygens (including phenoxy) is 2. The largest absolute Gasteiger partial charge is 0.493 e.